The minimum absolute atomic E-state index is 0.0220. The van der Waals surface area contributed by atoms with Gasteiger partial charge in [-0.3, -0.25) is 9.36 Å². The topological polar surface area (TPSA) is 111 Å². The zero-order chi connectivity index (χ0) is 31.2. The minimum Gasteiger partial charge on any atom is -0.465 e. The van der Waals surface area contributed by atoms with Gasteiger partial charge in [0, 0.05) is 40.0 Å². The number of methoxy groups -OCH3 is 1. The number of nitrogens with zero attached hydrogens (tertiary/aromatic N) is 3. The van der Waals surface area contributed by atoms with E-state index in [1.165, 1.54) is 69.6 Å². The number of hydrogen-bond acceptors (Lipinski definition) is 7. The van der Waals surface area contributed by atoms with Gasteiger partial charge in [0.2, 0.25) is 0 Å². The van der Waals surface area contributed by atoms with Crippen molar-refractivity contribution in [2.45, 2.75) is 11.8 Å². The fraction of sp³-hybridized carbons (Fsp3) is 0.0606. The second-order valence-electron chi connectivity index (χ2n) is 9.91. The van der Waals surface area contributed by atoms with Crippen molar-refractivity contribution in [2.75, 3.05) is 7.11 Å². The molecule has 0 aliphatic heterocycles. The monoisotopic (exact) mass is 623 g/mol. The van der Waals surface area contributed by atoms with Gasteiger partial charge in [-0.1, -0.05) is 29.8 Å². The highest BCUT2D eigenvalue weighted by Gasteiger charge is 2.30. The molecule has 0 unspecified atom stereocenters. The third-order valence-corrected chi connectivity index (χ3v) is 9.77. The number of ether oxygens (including phenoxy) is 1. The molecule has 6 rings (SSSR count). The standard InChI is InChI=1S/C33H22FN3O5S2/c1-20-6-9-25(10-7-20)44(40,41)37-28-11-8-23(34)18-27(28)31(26-13-15-43-29(26)19-35)32(37)21-4-3-5-24(16-21)36-14-12-22(17-30(36)38)33(39)42-2/h3-18H,1-2H3. The van der Waals surface area contributed by atoms with Crippen LogP contribution < -0.4 is 5.56 Å². The number of carbonyl (C=O) groups is 1. The van der Waals surface area contributed by atoms with Crippen LogP contribution in [0.1, 0.15) is 20.8 Å². The summed E-state index contributed by atoms with van der Waals surface area (Å²) in [7, 11) is -3.05. The van der Waals surface area contributed by atoms with Crippen LogP contribution >= 0.6 is 11.3 Å². The highest BCUT2D eigenvalue weighted by Crippen LogP contribution is 2.45. The zero-order valence-corrected chi connectivity index (χ0v) is 24.9. The van der Waals surface area contributed by atoms with Gasteiger partial charge in [0.25, 0.3) is 15.6 Å². The molecule has 0 bridgehead atoms. The number of pyridine rings is 1. The van der Waals surface area contributed by atoms with Gasteiger partial charge in [-0.25, -0.2) is 21.6 Å². The molecule has 8 nitrogen and oxygen atoms in total. The van der Waals surface area contributed by atoms with Crippen LogP contribution in [0.25, 0.3) is 39.0 Å². The van der Waals surface area contributed by atoms with Gasteiger partial charge in [-0.15, -0.1) is 11.3 Å². The van der Waals surface area contributed by atoms with Crippen LogP contribution in [0, 0.1) is 24.1 Å². The maximum atomic E-state index is 14.8. The summed E-state index contributed by atoms with van der Waals surface area (Å²) in [5.41, 5.74) is 2.45. The molecular weight excluding hydrogens is 602 g/mol. The molecule has 44 heavy (non-hydrogen) atoms. The summed E-state index contributed by atoms with van der Waals surface area (Å²) in [5, 5.41) is 11.9. The summed E-state index contributed by atoms with van der Waals surface area (Å²) in [4.78, 5) is 25.3. The SMILES string of the molecule is COC(=O)c1ccn(-c2cccc(-c3c(-c4ccsc4C#N)c4cc(F)ccc4n3S(=O)(=O)c3ccc(C)cc3)c2)c(=O)c1. The first-order valence-corrected chi connectivity index (χ1v) is 15.5. The van der Waals surface area contributed by atoms with E-state index in [1.807, 2.05) is 6.92 Å². The van der Waals surface area contributed by atoms with Crippen molar-refractivity contribution < 1.29 is 22.3 Å². The van der Waals surface area contributed by atoms with Crippen LogP contribution in [0.4, 0.5) is 4.39 Å². The highest BCUT2D eigenvalue weighted by molar-refractivity contribution is 7.90. The van der Waals surface area contributed by atoms with Crippen molar-refractivity contribution in [3.8, 4) is 34.1 Å². The Kier molecular flexibility index (Phi) is 7.25. The normalized spacial score (nSPS) is 11.4. The fourth-order valence-corrected chi connectivity index (χ4v) is 7.40. The molecule has 218 valence electrons. The summed E-state index contributed by atoms with van der Waals surface area (Å²) in [5.74, 6) is -1.23. The number of thiophene rings is 1. The van der Waals surface area contributed by atoms with Crippen molar-refractivity contribution in [3.05, 3.63) is 129 Å². The van der Waals surface area contributed by atoms with Gasteiger partial charge >= 0.3 is 5.97 Å². The fourth-order valence-electron chi connectivity index (χ4n) is 5.17. The molecule has 6 aromatic rings. The molecule has 0 saturated heterocycles. The van der Waals surface area contributed by atoms with Gasteiger partial charge in [0.05, 0.1) is 28.8 Å². The Morgan fingerprint density at radius 2 is 1.77 bits per heavy atom. The molecule has 0 amide bonds. The molecule has 0 N–H and O–H groups in total. The number of carbonyl (C=O) groups excluding carboxylic acids is 1. The van der Waals surface area contributed by atoms with E-state index in [0.717, 1.165) is 11.6 Å². The molecule has 0 radical (unpaired) electrons. The molecule has 11 heteroatoms. The first-order chi connectivity index (χ1) is 21.1. The van der Waals surface area contributed by atoms with Crippen LogP contribution in [0.15, 0.2) is 106 Å². The smallest absolute Gasteiger partial charge is 0.338 e. The molecule has 3 heterocycles. The summed E-state index contributed by atoms with van der Waals surface area (Å²) in [6, 6.07) is 23.3. The molecule has 3 aromatic carbocycles. The average Bonchev–Trinajstić information content (AvgIpc) is 3.63. The van der Waals surface area contributed by atoms with Gasteiger partial charge in [-0.05, 0) is 66.9 Å². The number of rotatable bonds is 6. The number of esters is 1. The lowest BCUT2D eigenvalue weighted by molar-refractivity contribution is 0.0600. The lowest BCUT2D eigenvalue weighted by Crippen LogP contribution is -2.19. The summed E-state index contributed by atoms with van der Waals surface area (Å²) >= 11 is 1.19. The molecule has 0 aliphatic carbocycles. The Morgan fingerprint density at radius 1 is 1.00 bits per heavy atom. The van der Waals surface area contributed by atoms with Crippen molar-refractivity contribution in [3.63, 3.8) is 0 Å². The number of benzene rings is 3. The largest absolute Gasteiger partial charge is 0.465 e. The minimum atomic E-state index is -4.27. The first-order valence-electron chi connectivity index (χ1n) is 13.2. The highest BCUT2D eigenvalue weighted by atomic mass is 32.2. The molecule has 0 saturated carbocycles. The van der Waals surface area contributed by atoms with E-state index in [1.54, 1.807) is 47.8 Å². The van der Waals surface area contributed by atoms with Gasteiger partial charge in [-0.2, -0.15) is 5.26 Å². The lowest BCUT2D eigenvalue weighted by atomic mass is 9.98. The van der Waals surface area contributed by atoms with E-state index in [0.29, 0.717) is 32.6 Å². The van der Waals surface area contributed by atoms with Crippen LogP contribution in [0.2, 0.25) is 0 Å². The van der Waals surface area contributed by atoms with Crippen LogP contribution in [0.3, 0.4) is 0 Å². The van der Waals surface area contributed by atoms with E-state index in [2.05, 4.69) is 6.07 Å². The van der Waals surface area contributed by atoms with E-state index < -0.39 is 27.4 Å². The number of aryl methyl sites for hydroxylation is 1. The lowest BCUT2D eigenvalue weighted by Gasteiger charge is -2.15. The van der Waals surface area contributed by atoms with Crippen LogP contribution in [-0.4, -0.2) is 30.0 Å². The van der Waals surface area contributed by atoms with Gasteiger partial charge in [0.1, 0.15) is 16.8 Å². The molecule has 0 fully saturated rings. The quantitative estimate of drug-likeness (QED) is 0.195. The number of aromatic nitrogens is 2. The Morgan fingerprint density at radius 3 is 2.48 bits per heavy atom. The average molecular weight is 624 g/mol. The van der Waals surface area contributed by atoms with Crippen molar-refractivity contribution in [1.29, 1.82) is 5.26 Å². The number of fused-ring (bicyclic) bond motifs is 1. The summed E-state index contributed by atoms with van der Waals surface area (Å²) in [6.07, 6.45) is 1.43. The van der Waals surface area contributed by atoms with E-state index >= 15 is 0 Å². The molecule has 0 atom stereocenters. The Balaban J connectivity index is 1.70. The maximum absolute atomic E-state index is 14.8. The van der Waals surface area contributed by atoms with Gasteiger partial charge in [0.15, 0.2) is 0 Å². The number of hydrogen-bond donors (Lipinski definition) is 0. The predicted octanol–water partition coefficient (Wildman–Crippen LogP) is 6.53. The first kappa shape index (κ1) is 28.8. The van der Waals surface area contributed by atoms with Crippen LogP contribution in [0.5, 0.6) is 0 Å². The second-order valence-corrected chi connectivity index (χ2v) is 12.6. The Labute approximate surface area is 255 Å². The van der Waals surface area contributed by atoms with E-state index in [4.69, 9.17) is 4.74 Å². The molecular formula is C33H22FN3O5S2. The summed E-state index contributed by atoms with van der Waals surface area (Å²) < 4.78 is 50.8. The maximum Gasteiger partial charge on any atom is 0.338 e. The molecule has 0 aliphatic rings. The second kappa shape index (κ2) is 11.1. The zero-order valence-electron chi connectivity index (χ0n) is 23.3. The van der Waals surface area contributed by atoms with E-state index in [9.17, 15) is 27.7 Å². The van der Waals surface area contributed by atoms with Crippen molar-refractivity contribution in [2.24, 2.45) is 0 Å². The predicted molar refractivity (Wildman–Crippen MR) is 166 cm³/mol. The molecule has 3 aromatic heterocycles. The third-order valence-electron chi connectivity index (χ3n) is 7.22. The van der Waals surface area contributed by atoms with Crippen molar-refractivity contribution >= 4 is 38.2 Å². The van der Waals surface area contributed by atoms with Crippen molar-refractivity contribution in [1.82, 2.24) is 8.54 Å². The Bertz CT molecular complexity index is 2310. The van der Waals surface area contributed by atoms with Crippen LogP contribution in [-0.2, 0) is 14.8 Å². The van der Waals surface area contributed by atoms with E-state index in [-0.39, 0.29) is 21.7 Å². The summed E-state index contributed by atoms with van der Waals surface area (Å²) in [6.45, 7) is 1.85. The third kappa shape index (κ3) is 4.80. The molecule has 0 spiro atoms. The number of halogens is 1. The Hall–Kier alpha value is -5.31. The van der Waals surface area contributed by atoms with Gasteiger partial charge < -0.3 is 4.74 Å². The number of nitriles is 1.